The van der Waals surface area contributed by atoms with Crippen molar-refractivity contribution in [2.24, 2.45) is 5.92 Å². The minimum absolute atomic E-state index is 0.258. The number of rotatable bonds is 3. The molecule has 2 saturated heterocycles. The van der Waals surface area contributed by atoms with Crippen LogP contribution in [0.2, 0.25) is 0 Å². The fourth-order valence-corrected chi connectivity index (χ4v) is 3.51. The monoisotopic (exact) mass is 274 g/mol. The summed E-state index contributed by atoms with van der Waals surface area (Å²) < 4.78 is 4.79. The van der Waals surface area contributed by atoms with Crippen LogP contribution in [0.25, 0.3) is 0 Å². The molecule has 4 nitrogen and oxygen atoms in total. The van der Waals surface area contributed by atoms with Crippen LogP contribution in [-0.4, -0.2) is 43.7 Å². The fraction of sp³-hybridized carbons (Fsp3) is 0.562. The van der Waals surface area contributed by atoms with E-state index in [-0.39, 0.29) is 5.97 Å². The van der Waals surface area contributed by atoms with Crippen LogP contribution in [0.3, 0.4) is 0 Å². The summed E-state index contributed by atoms with van der Waals surface area (Å²) in [5, 5.41) is 3.50. The molecule has 0 radical (unpaired) electrons. The maximum atomic E-state index is 11.6. The zero-order valence-electron chi connectivity index (χ0n) is 12.0. The molecule has 0 bridgehead atoms. The average molecular weight is 274 g/mol. The quantitative estimate of drug-likeness (QED) is 0.851. The Hall–Kier alpha value is -1.39. The lowest BCUT2D eigenvalue weighted by Crippen LogP contribution is -2.44. The van der Waals surface area contributed by atoms with Crippen LogP contribution in [0.4, 0.5) is 0 Å². The van der Waals surface area contributed by atoms with Crippen molar-refractivity contribution in [3.8, 4) is 0 Å². The van der Waals surface area contributed by atoms with Crippen LogP contribution >= 0.6 is 0 Å². The van der Waals surface area contributed by atoms with Gasteiger partial charge in [0.25, 0.3) is 0 Å². The molecular weight excluding hydrogens is 252 g/mol. The number of nitrogens with one attached hydrogen (secondary N) is 1. The number of hydrogen-bond donors (Lipinski definition) is 1. The van der Waals surface area contributed by atoms with Gasteiger partial charge in [0, 0.05) is 19.1 Å². The first-order valence-corrected chi connectivity index (χ1v) is 7.40. The molecule has 0 saturated carbocycles. The molecule has 2 unspecified atom stereocenters. The van der Waals surface area contributed by atoms with Gasteiger partial charge in [0.05, 0.1) is 12.7 Å². The molecule has 2 aliphatic heterocycles. The van der Waals surface area contributed by atoms with E-state index in [0.29, 0.717) is 11.6 Å². The van der Waals surface area contributed by atoms with Crippen LogP contribution in [0.15, 0.2) is 24.3 Å². The Labute approximate surface area is 120 Å². The molecule has 2 fully saturated rings. The molecule has 1 aromatic carbocycles. The van der Waals surface area contributed by atoms with E-state index in [1.165, 1.54) is 25.5 Å². The number of benzene rings is 1. The molecule has 2 aliphatic rings. The largest absolute Gasteiger partial charge is 0.465 e. The molecule has 0 amide bonds. The van der Waals surface area contributed by atoms with Gasteiger partial charge in [0.15, 0.2) is 0 Å². The number of fused-ring (bicyclic) bond motifs is 1. The van der Waals surface area contributed by atoms with Crippen molar-refractivity contribution in [1.29, 1.82) is 0 Å². The van der Waals surface area contributed by atoms with Gasteiger partial charge in [-0.25, -0.2) is 4.79 Å². The Balaban J connectivity index is 1.72. The molecule has 2 atom stereocenters. The average Bonchev–Trinajstić information content (AvgIpc) is 2.96. The topological polar surface area (TPSA) is 41.6 Å². The number of piperidine rings is 1. The number of nitrogens with zero attached hydrogens (tertiary/aromatic N) is 1. The molecule has 1 N–H and O–H groups in total. The number of ether oxygens (including phenoxy) is 1. The van der Waals surface area contributed by atoms with Gasteiger partial charge in [-0.1, -0.05) is 12.1 Å². The van der Waals surface area contributed by atoms with Crippen molar-refractivity contribution in [2.45, 2.75) is 25.4 Å². The van der Waals surface area contributed by atoms with Crippen molar-refractivity contribution in [2.75, 3.05) is 26.7 Å². The van der Waals surface area contributed by atoms with Gasteiger partial charge in [-0.05, 0) is 49.5 Å². The Kier molecular flexibility index (Phi) is 4.03. The van der Waals surface area contributed by atoms with Gasteiger partial charge in [0.2, 0.25) is 0 Å². The van der Waals surface area contributed by atoms with E-state index in [4.69, 9.17) is 4.74 Å². The van der Waals surface area contributed by atoms with Crippen molar-refractivity contribution in [1.82, 2.24) is 10.2 Å². The van der Waals surface area contributed by atoms with Gasteiger partial charge in [0.1, 0.15) is 0 Å². The van der Waals surface area contributed by atoms with Crippen molar-refractivity contribution >= 4 is 5.97 Å². The van der Waals surface area contributed by atoms with E-state index in [2.05, 4.69) is 16.3 Å². The molecule has 0 aliphatic carbocycles. The zero-order valence-corrected chi connectivity index (χ0v) is 12.0. The third kappa shape index (κ3) is 2.72. The Bertz CT molecular complexity index is 489. The number of esters is 1. The highest BCUT2D eigenvalue weighted by Gasteiger charge is 2.34. The second-order valence-electron chi connectivity index (χ2n) is 5.79. The number of likely N-dealkylation sites (tertiary alicyclic amines) is 1. The fourth-order valence-electron chi connectivity index (χ4n) is 3.51. The normalized spacial score (nSPS) is 26.2. The molecule has 0 aromatic heterocycles. The van der Waals surface area contributed by atoms with Gasteiger partial charge in [-0.3, -0.25) is 4.90 Å². The molecule has 2 heterocycles. The number of hydrogen-bond acceptors (Lipinski definition) is 4. The van der Waals surface area contributed by atoms with Crippen LogP contribution in [0, 0.1) is 5.92 Å². The van der Waals surface area contributed by atoms with Crippen LogP contribution in [0.1, 0.15) is 28.8 Å². The number of carbonyl (C=O) groups excluding carboxylic acids is 1. The highest BCUT2D eigenvalue weighted by atomic mass is 16.5. The van der Waals surface area contributed by atoms with Crippen LogP contribution in [0.5, 0.6) is 0 Å². The molecule has 4 heteroatoms. The lowest BCUT2D eigenvalue weighted by Gasteiger charge is -2.37. The van der Waals surface area contributed by atoms with E-state index in [1.54, 1.807) is 0 Å². The van der Waals surface area contributed by atoms with Crippen molar-refractivity contribution in [3.05, 3.63) is 35.4 Å². The third-order valence-corrected chi connectivity index (χ3v) is 4.53. The smallest absolute Gasteiger partial charge is 0.337 e. The summed E-state index contributed by atoms with van der Waals surface area (Å²) in [6.45, 7) is 4.34. The predicted octanol–water partition coefficient (Wildman–Crippen LogP) is 1.66. The van der Waals surface area contributed by atoms with Crippen molar-refractivity contribution < 1.29 is 9.53 Å². The summed E-state index contributed by atoms with van der Waals surface area (Å²) in [7, 11) is 1.43. The minimum atomic E-state index is -0.258. The SMILES string of the molecule is COC(=O)c1cccc(CN2CCCC3CNCC32)c1. The Morgan fingerprint density at radius 2 is 2.35 bits per heavy atom. The number of carbonyl (C=O) groups is 1. The van der Waals surface area contributed by atoms with Gasteiger partial charge >= 0.3 is 5.97 Å². The summed E-state index contributed by atoms with van der Waals surface area (Å²) in [5.74, 6) is 0.540. The lowest BCUT2D eigenvalue weighted by molar-refractivity contribution is 0.0600. The van der Waals surface area contributed by atoms with Crippen molar-refractivity contribution in [3.63, 3.8) is 0 Å². The van der Waals surface area contributed by atoms with E-state index in [0.717, 1.165) is 32.1 Å². The second-order valence-corrected chi connectivity index (χ2v) is 5.79. The third-order valence-electron chi connectivity index (χ3n) is 4.53. The van der Waals surface area contributed by atoms with E-state index in [9.17, 15) is 4.79 Å². The summed E-state index contributed by atoms with van der Waals surface area (Å²) >= 11 is 0. The summed E-state index contributed by atoms with van der Waals surface area (Å²) in [6, 6.07) is 8.46. The minimum Gasteiger partial charge on any atom is -0.465 e. The maximum Gasteiger partial charge on any atom is 0.337 e. The summed E-state index contributed by atoms with van der Waals surface area (Å²) in [5.41, 5.74) is 1.84. The van der Waals surface area contributed by atoms with Gasteiger partial charge < -0.3 is 10.1 Å². The second kappa shape index (κ2) is 5.94. The summed E-state index contributed by atoms with van der Waals surface area (Å²) in [4.78, 5) is 14.2. The Morgan fingerprint density at radius 3 is 3.20 bits per heavy atom. The molecular formula is C16H22N2O2. The number of methoxy groups -OCH3 is 1. The standard InChI is InChI=1S/C16H22N2O2/c1-20-16(19)13-5-2-4-12(8-13)11-18-7-3-6-14-9-17-10-15(14)18/h2,4-5,8,14-15,17H,3,6-7,9-11H2,1H3. The van der Waals surface area contributed by atoms with Crippen LogP contribution in [-0.2, 0) is 11.3 Å². The molecule has 20 heavy (non-hydrogen) atoms. The highest BCUT2D eigenvalue weighted by Crippen LogP contribution is 2.27. The van der Waals surface area contributed by atoms with E-state index >= 15 is 0 Å². The summed E-state index contributed by atoms with van der Waals surface area (Å²) in [6.07, 6.45) is 2.62. The van der Waals surface area contributed by atoms with Crippen LogP contribution < -0.4 is 5.32 Å². The first-order chi connectivity index (χ1) is 9.78. The predicted molar refractivity (Wildman–Crippen MR) is 77.6 cm³/mol. The first-order valence-electron chi connectivity index (χ1n) is 7.40. The van der Waals surface area contributed by atoms with Gasteiger partial charge in [-0.2, -0.15) is 0 Å². The van der Waals surface area contributed by atoms with Gasteiger partial charge in [-0.15, -0.1) is 0 Å². The van der Waals surface area contributed by atoms with E-state index < -0.39 is 0 Å². The molecule has 3 rings (SSSR count). The highest BCUT2D eigenvalue weighted by molar-refractivity contribution is 5.89. The zero-order chi connectivity index (χ0) is 13.9. The molecule has 1 aromatic rings. The molecule has 108 valence electrons. The first kappa shape index (κ1) is 13.6. The molecule has 0 spiro atoms. The maximum absolute atomic E-state index is 11.6. The lowest BCUT2D eigenvalue weighted by atomic mass is 9.91. The van der Waals surface area contributed by atoms with E-state index in [1.807, 2.05) is 18.2 Å². The Morgan fingerprint density at radius 1 is 1.45 bits per heavy atom.